The molecular weight excluding hydrogens is 346 g/mol. The van der Waals surface area contributed by atoms with Crippen LogP contribution in [0.25, 0.3) is 21.3 Å². The van der Waals surface area contributed by atoms with Crippen molar-refractivity contribution >= 4 is 33.6 Å². The Hall–Kier alpha value is -3.06. The molecule has 0 amide bonds. The van der Waals surface area contributed by atoms with Crippen LogP contribution in [0.4, 0.5) is 11.4 Å². The molecule has 0 atom stereocenters. The van der Waals surface area contributed by atoms with Gasteiger partial charge in [0.15, 0.2) is 0 Å². The van der Waals surface area contributed by atoms with Gasteiger partial charge in [0.25, 0.3) is 5.56 Å². The number of thiazole rings is 1. The van der Waals surface area contributed by atoms with Crippen molar-refractivity contribution in [1.82, 2.24) is 19.9 Å². The number of nitrogens with one attached hydrogen (secondary N) is 2. The topological polar surface area (TPSA) is 83.6 Å². The molecule has 4 heterocycles. The first-order valence-electron chi connectivity index (χ1n) is 8.25. The van der Waals surface area contributed by atoms with Crippen LogP contribution in [0.3, 0.4) is 0 Å². The highest BCUT2D eigenvalue weighted by atomic mass is 32.1. The minimum absolute atomic E-state index is 0.107. The molecule has 4 aromatic heterocycles. The van der Waals surface area contributed by atoms with Gasteiger partial charge in [0.05, 0.1) is 32.8 Å². The number of hydrogen-bond acceptors (Lipinski definition) is 6. The van der Waals surface area contributed by atoms with Gasteiger partial charge in [0.2, 0.25) is 0 Å². The van der Waals surface area contributed by atoms with Crippen LogP contribution in [0.2, 0.25) is 0 Å². The van der Waals surface area contributed by atoms with Gasteiger partial charge in [-0.1, -0.05) is 13.8 Å². The lowest BCUT2D eigenvalue weighted by Crippen LogP contribution is -2.14. The fourth-order valence-corrected chi connectivity index (χ4v) is 3.51. The Kier molecular flexibility index (Phi) is 4.22. The van der Waals surface area contributed by atoms with Crippen molar-refractivity contribution in [2.75, 3.05) is 5.32 Å². The van der Waals surface area contributed by atoms with Crippen LogP contribution in [0.5, 0.6) is 0 Å². The summed E-state index contributed by atoms with van der Waals surface area (Å²) in [5, 5.41) is 4.39. The van der Waals surface area contributed by atoms with E-state index in [0.29, 0.717) is 5.56 Å². The van der Waals surface area contributed by atoms with Gasteiger partial charge in [-0.3, -0.25) is 19.7 Å². The summed E-state index contributed by atoms with van der Waals surface area (Å²) in [5.41, 5.74) is 5.70. The summed E-state index contributed by atoms with van der Waals surface area (Å²) in [4.78, 5) is 29.1. The average molecular weight is 363 g/mol. The molecule has 0 aliphatic carbocycles. The van der Waals surface area contributed by atoms with Crippen molar-refractivity contribution in [3.63, 3.8) is 0 Å². The fraction of sp³-hybridized carbons (Fsp3) is 0.158. The largest absolute Gasteiger partial charge is 0.353 e. The molecule has 0 aliphatic rings. The molecule has 4 aromatic rings. The van der Waals surface area contributed by atoms with Crippen LogP contribution >= 0.6 is 11.3 Å². The minimum atomic E-state index is -0.107. The van der Waals surface area contributed by atoms with Crippen LogP contribution in [0.1, 0.15) is 25.5 Å². The predicted octanol–water partition coefficient (Wildman–Crippen LogP) is 4.31. The van der Waals surface area contributed by atoms with Crippen LogP contribution in [-0.2, 0) is 0 Å². The highest BCUT2D eigenvalue weighted by molar-refractivity contribution is 7.13. The van der Waals surface area contributed by atoms with Gasteiger partial charge in [-0.2, -0.15) is 0 Å². The Morgan fingerprint density at radius 2 is 2.00 bits per heavy atom. The molecule has 0 aliphatic heterocycles. The molecule has 2 N–H and O–H groups in total. The number of fused-ring (bicyclic) bond motifs is 1. The van der Waals surface area contributed by atoms with E-state index in [-0.39, 0.29) is 11.5 Å². The van der Waals surface area contributed by atoms with Crippen LogP contribution in [-0.4, -0.2) is 19.9 Å². The first-order chi connectivity index (χ1) is 12.6. The number of H-pyrrole nitrogens is 1. The number of hydrogen-bond donors (Lipinski definition) is 2. The SMILES string of the molecule is CC(C)c1[nH]c(=O)c(-c2cncs2)cc1Nc1ccnc2ccncc12. The number of anilines is 2. The first-order valence-corrected chi connectivity index (χ1v) is 9.13. The highest BCUT2D eigenvalue weighted by Crippen LogP contribution is 2.31. The third-order valence-corrected chi connectivity index (χ3v) is 4.97. The summed E-state index contributed by atoms with van der Waals surface area (Å²) in [6, 6.07) is 5.68. The summed E-state index contributed by atoms with van der Waals surface area (Å²) in [6.45, 7) is 4.10. The lowest BCUT2D eigenvalue weighted by atomic mass is 10.1. The fourth-order valence-electron chi connectivity index (χ4n) is 2.88. The lowest BCUT2D eigenvalue weighted by molar-refractivity contribution is 0.820. The molecule has 0 spiro atoms. The molecular formula is C19H17N5OS. The summed E-state index contributed by atoms with van der Waals surface area (Å²) in [7, 11) is 0. The van der Waals surface area contributed by atoms with Crippen molar-refractivity contribution < 1.29 is 0 Å². The quantitative estimate of drug-likeness (QED) is 0.564. The van der Waals surface area contributed by atoms with Gasteiger partial charge >= 0.3 is 0 Å². The summed E-state index contributed by atoms with van der Waals surface area (Å²) < 4.78 is 0. The molecule has 0 aromatic carbocycles. The Labute approximate surface area is 154 Å². The zero-order valence-electron chi connectivity index (χ0n) is 14.4. The van der Waals surface area contributed by atoms with Crippen molar-refractivity contribution in [1.29, 1.82) is 0 Å². The predicted molar refractivity (Wildman–Crippen MR) is 105 cm³/mol. The number of nitrogens with zero attached hydrogens (tertiary/aromatic N) is 3. The zero-order valence-corrected chi connectivity index (χ0v) is 15.2. The van der Waals surface area contributed by atoms with E-state index in [1.54, 1.807) is 30.3 Å². The van der Waals surface area contributed by atoms with E-state index < -0.39 is 0 Å². The summed E-state index contributed by atoms with van der Waals surface area (Å²) >= 11 is 1.44. The normalized spacial score (nSPS) is 11.2. The molecule has 0 unspecified atom stereocenters. The smallest absolute Gasteiger partial charge is 0.257 e. The van der Waals surface area contributed by atoms with Crippen LogP contribution in [0.15, 0.2) is 53.3 Å². The van der Waals surface area contributed by atoms with E-state index in [0.717, 1.165) is 32.8 Å². The molecule has 7 heteroatoms. The van der Waals surface area contributed by atoms with E-state index in [4.69, 9.17) is 0 Å². The highest BCUT2D eigenvalue weighted by Gasteiger charge is 2.15. The van der Waals surface area contributed by atoms with Crippen LogP contribution < -0.4 is 10.9 Å². The standard InChI is InChI=1S/C19H17N5OS/c1-11(2)18-16(7-12(19(25)24-18)17-9-21-10-26-17)23-15-4-6-22-14-3-5-20-8-13(14)15/h3-11H,1-2H3,(H,22,23)(H,24,25). The van der Waals surface area contributed by atoms with E-state index >= 15 is 0 Å². The molecule has 0 radical (unpaired) electrons. The Bertz CT molecular complexity index is 1110. The van der Waals surface area contributed by atoms with Gasteiger partial charge < -0.3 is 10.3 Å². The molecule has 26 heavy (non-hydrogen) atoms. The zero-order chi connectivity index (χ0) is 18.1. The monoisotopic (exact) mass is 363 g/mol. The molecule has 0 fully saturated rings. The average Bonchev–Trinajstić information content (AvgIpc) is 3.17. The molecule has 4 rings (SSSR count). The molecule has 130 valence electrons. The molecule has 0 bridgehead atoms. The summed E-state index contributed by atoms with van der Waals surface area (Å²) in [6.07, 6.45) is 6.98. The molecule has 0 saturated carbocycles. The number of aromatic amines is 1. The van der Waals surface area contributed by atoms with Gasteiger partial charge in [-0.15, -0.1) is 11.3 Å². The summed E-state index contributed by atoms with van der Waals surface area (Å²) in [5.74, 6) is 0.159. The van der Waals surface area contributed by atoms with E-state index in [9.17, 15) is 4.79 Å². The second-order valence-corrected chi connectivity index (χ2v) is 7.12. The maximum absolute atomic E-state index is 12.5. The van der Waals surface area contributed by atoms with E-state index in [1.165, 1.54) is 11.3 Å². The number of aromatic nitrogens is 4. The maximum atomic E-state index is 12.5. The van der Waals surface area contributed by atoms with Gasteiger partial charge in [0, 0.05) is 35.9 Å². The van der Waals surface area contributed by atoms with Crippen molar-refractivity contribution in [3.05, 3.63) is 64.5 Å². The van der Waals surface area contributed by atoms with Crippen molar-refractivity contribution in [2.45, 2.75) is 19.8 Å². The van der Waals surface area contributed by atoms with Gasteiger partial charge in [0.1, 0.15) is 0 Å². The second-order valence-electron chi connectivity index (χ2n) is 6.24. The molecule has 6 nitrogen and oxygen atoms in total. The Morgan fingerprint density at radius 1 is 1.12 bits per heavy atom. The van der Waals surface area contributed by atoms with Crippen LogP contribution in [0, 0.1) is 0 Å². The number of rotatable bonds is 4. The van der Waals surface area contributed by atoms with Crippen molar-refractivity contribution in [3.8, 4) is 10.4 Å². The van der Waals surface area contributed by atoms with Crippen molar-refractivity contribution in [2.24, 2.45) is 0 Å². The van der Waals surface area contributed by atoms with Gasteiger partial charge in [-0.25, -0.2) is 0 Å². The lowest BCUT2D eigenvalue weighted by Gasteiger charge is -2.16. The van der Waals surface area contributed by atoms with E-state index in [1.807, 2.05) is 18.2 Å². The maximum Gasteiger partial charge on any atom is 0.257 e. The Morgan fingerprint density at radius 3 is 2.77 bits per heavy atom. The number of pyridine rings is 3. The third kappa shape index (κ3) is 2.97. The third-order valence-electron chi connectivity index (χ3n) is 4.16. The van der Waals surface area contributed by atoms with Gasteiger partial charge in [-0.05, 0) is 24.1 Å². The minimum Gasteiger partial charge on any atom is -0.353 e. The first kappa shape index (κ1) is 16.4. The second kappa shape index (κ2) is 6.68. The molecule has 0 saturated heterocycles. The Balaban J connectivity index is 1.87. The van der Waals surface area contributed by atoms with E-state index in [2.05, 4.69) is 39.1 Å².